The third kappa shape index (κ3) is 16.5. The number of aliphatic hydroxyl groups is 2. The lowest BCUT2D eigenvalue weighted by Gasteiger charge is -2.32. The van der Waals surface area contributed by atoms with Crippen molar-refractivity contribution in [1.82, 2.24) is 31.5 Å². The number of hydrogen-bond donors (Lipinski definition) is 13. The lowest BCUT2D eigenvalue weighted by molar-refractivity contribution is -0.146. The number of phenols is 1. The number of carbonyl (C=O) groups excluding carboxylic acids is 7. The van der Waals surface area contributed by atoms with Gasteiger partial charge in [-0.05, 0) is 62.6 Å². The van der Waals surface area contributed by atoms with Crippen molar-refractivity contribution in [3.8, 4) is 5.75 Å². The maximum atomic E-state index is 14.1. The Morgan fingerprint density at radius 2 is 1.44 bits per heavy atom. The Hall–Kier alpha value is -6.07. The number of aliphatic imine (C=N–C) groups is 1. The van der Waals surface area contributed by atoms with Gasteiger partial charge in [0.05, 0.1) is 18.8 Å². The molecule has 1 aromatic rings. The Morgan fingerprint density at radius 1 is 0.836 bits per heavy atom. The third-order valence-corrected chi connectivity index (χ3v) is 10.1. The van der Waals surface area contributed by atoms with E-state index in [1.165, 1.54) is 31.2 Å². The van der Waals surface area contributed by atoms with Crippen molar-refractivity contribution in [3.63, 3.8) is 0 Å². The molecular formula is C38H61N11O12. The van der Waals surface area contributed by atoms with Gasteiger partial charge in [0.2, 0.25) is 41.4 Å². The first-order valence-corrected chi connectivity index (χ1v) is 19.9. The fourth-order valence-electron chi connectivity index (χ4n) is 6.38. The zero-order valence-electron chi connectivity index (χ0n) is 34.5. The van der Waals surface area contributed by atoms with Gasteiger partial charge >= 0.3 is 5.97 Å². The highest BCUT2D eigenvalue weighted by Gasteiger charge is 2.41. The number of amides is 7. The molecule has 23 heteroatoms. The summed E-state index contributed by atoms with van der Waals surface area (Å²) in [6.07, 6.45) is -1.02. The minimum Gasteiger partial charge on any atom is -0.508 e. The van der Waals surface area contributed by atoms with Crippen molar-refractivity contribution in [2.45, 2.75) is 121 Å². The van der Waals surface area contributed by atoms with E-state index in [9.17, 15) is 58.8 Å². The fourth-order valence-corrected chi connectivity index (χ4v) is 6.38. The van der Waals surface area contributed by atoms with Gasteiger partial charge < -0.3 is 74.8 Å². The first-order valence-electron chi connectivity index (χ1n) is 19.9. The summed E-state index contributed by atoms with van der Waals surface area (Å²) in [6.45, 7) is 3.80. The van der Waals surface area contributed by atoms with E-state index in [0.29, 0.717) is 24.8 Å². The second-order valence-electron chi connectivity index (χ2n) is 14.9. The zero-order valence-corrected chi connectivity index (χ0v) is 34.5. The topological polar surface area (TPSA) is 397 Å². The third-order valence-electron chi connectivity index (χ3n) is 10.1. The summed E-state index contributed by atoms with van der Waals surface area (Å²) in [5.74, 6) is -8.19. The standard InChI is InChI=1S/C38H61N11O12/c1-4-19(2)29(35(58)48-30(20(3)51)37(60)61)47-34(57)27-8-6-16-49(27)36(59)24(13-14-28(40)53)44-33(56)26(18-50)46-32(55)25(17-21-9-11-22(52)12-10-21)45-31(54)23(39)7-5-15-43-38(41)42/h9-12,19-20,23-27,29-30,50-52H,4-8,13-18,39H2,1-3H3,(H2,40,53)(H,44,56)(H,45,54)(H,46,55)(H,47,57)(H,48,58)(H,60,61)(H4,41,42,43)/t19-,20+,23-,24-,25-,26-,27-,29-,30-/m0/s1. The molecule has 0 aromatic heterocycles. The maximum absolute atomic E-state index is 14.1. The van der Waals surface area contributed by atoms with Gasteiger partial charge in [0, 0.05) is 25.9 Å². The average molecular weight is 864 g/mol. The number of carboxylic acids is 1. The number of primary amides is 1. The van der Waals surface area contributed by atoms with E-state index in [-0.39, 0.29) is 50.5 Å². The summed E-state index contributed by atoms with van der Waals surface area (Å²) in [7, 11) is 0. The number of hydrogen-bond acceptors (Lipinski definition) is 13. The molecule has 1 saturated heterocycles. The second-order valence-corrected chi connectivity index (χ2v) is 14.9. The molecule has 9 atom stereocenters. The van der Waals surface area contributed by atoms with Crippen LogP contribution in [0.3, 0.4) is 0 Å². The van der Waals surface area contributed by atoms with Gasteiger partial charge in [-0.2, -0.15) is 0 Å². The van der Waals surface area contributed by atoms with Gasteiger partial charge in [0.25, 0.3) is 0 Å². The Balaban J connectivity index is 2.29. The maximum Gasteiger partial charge on any atom is 0.328 e. The van der Waals surface area contributed by atoms with Crippen LogP contribution in [0.25, 0.3) is 0 Å². The molecule has 23 nitrogen and oxygen atoms in total. The van der Waals surface area contributed by atoms with Gasteiger partial charge in [-0.15, -0.1) is 0 Å². The summed E-state index contributed by atoms with van der Waals surface area (Å²) in [5, 5.41) is 51.5. The largest absolute Gasteiger partial charge is 0.508 e. The number of aliphatic carboxylic acids is 1. The van der Waals surface area contributed by atoms with Crippen LogP contribution in [0.15, 0.2) is 29.3 Å². The fraction of sp³-hybridized carbons (Fsp3) is 0.605. The van der Waals surface area contributed by atoms with Crippen molar-refractivity contribution in [1.29, 1.82) is 0 Å². The molecule has 61 heavy (non-hydrogen) atoms. The summed E-state index contributed by atoms with van der Waals surface area (Å²) < 4.78 is 0. The summed E-state index contributed by atoms with van der Waals surface area (Å²) in [5.41, 5.74) is 22.5. The molecule has 1 aromatic carbocycles. The molecule has 17 N–H and O–H groups in total. The molecular weight excluding hydrogens is 802 g/mol. The van der Waals surface area contributed by atoms with Gasteiger partial charge in [0.1, 0.15) is 36.0 Å². The van der Waals surface area contributed by atoms with Crippen LogP contribution in [0, 0.1) is 5.92 Å². The Kier molecular flexibility index (Phi) is 20.8. The van der Waals surface area contributed by atoms with E-state index in [1.807, 2.05) is 0 Å². The second kappa shape index (κ2) is 24.9. The SMILES string of the molecule is CC[C@H](C)[C@H](NC(=O)[C@@H]1CCCN1C(=O)[C@H](CCC(N)=O)NC(=O)[C@H](CO)NC(=O)[C@H](Cc1ccc(O)cc1)NC(=O)[C@@H](N)CCCN=C(N)N)C(=O)N[C@H](C(=O)O)[C@@H](C)O. The van der Waals surface area contributed by atoms with Gasteiger partial charge in [0.15, 0.2) is 12.0 Å². The quantitative estimate of drug-likeness (QED) is 0.0250. The molecule has 7 amide bonds. The van der Waals surface area contributed by atoms with Crippen molar-refractivity contribution >= 4 is 53.3 Å². The smallest absolute Gasteiger partial charge is 0.328 e. The first kappa shape index (κ1) is 51.1. The molecule has 0 unspecified atom stereocenters. The van der Waals surface area contributed by atoms with Crippen molar-refractivity contribution in [2.75, 3.05) is 19.7 Å². The van der Waals surface area contributed by atoms with Crippen LogP contribution in [0.2, 0.25) is 0 Å². The van der Waals surface area contributed by atoms with Gasteiger partial charge in [-0.3, -0.25) is 38.6 Å². The van der Waals surface area contributed by atoms with Crippen molar-refractivity contribution in [2.24, 2.45) is 33.8 Å². The van der Waals surface area contributed by atoms with E-state index < -0.39 is 115 Å². The molecule has 1 fully saturated rings. The summed E-state index contributed by atoms with van der Waals surface area (Å²) in [6, 6.07) is -4.02. The van der Waals surface area contributed by atoms with Crippen LogP contribution >= 0.6 is 0 Å². The molecule has 1 aliphatic heterocycles. The molecule has 340 valence electrons. The number of carboxylic acid groups (broad SMARTS) is 1. The molecule has 0 aliphatic carbocycles. The van der Waals surface area contributed by atoms with Gasteiger partial charge in [-0.1, -0.05) is 32.4 Å². The number of aromatic hydroxyl groups is 1. The van der Waals surface area contributed by atoms with E-state index in [0.717, 1.165) is 4.90 Å². The number of carbonyl (C=O) groups is 8. The molecule has 0 spiro atoms. The number of likely N-dealkylation sites (tertiary alicyclic amines) is 1. The minimum absolute atomic E-state index is 0.0262. The monoisotopic (exact) mass is 863 g/mol. The zero-order chi connectivity index (χ0) is 46.0. The molecule has 0 bridgehead atoms. The number of nitrogens with two attached hydrogens (primary N) is 4. The van der Waals surface area contributed by atoms with Crippen LogP contribution in [0.1, 0.15) is 71.3 Å². The summed E-state index contributed by atoms with van der Waals surface area (Å²) >= 11 is 0. The number of phenolic OH excluding ortho intramolecular Hbond substituents is 1. The van der Waals surface area contributed by atoms with Crippen LogP contribution in [-0.4, -0.2) is 147 Å². The first-order chi connectivity index (χ1) is 28.7. The molecule has 1 aliphatic rings. The number of rotatable bonds is 25. The van der Waals surface area contributed by atoms with E-state index in [4.69, 9.17) is 22.9 Å². The molecule has 1 heterocycles. The van der Waals surface area contributed by atoms with Crippen molar-refractivity contribution < 1.29 is 58.8 Å². The predicted octanol–water partition coefficient (Wildman–Crippen LogP) is -4.50. The number of benzene rings is 1. The minimum atomic E-state index is -1.70. The predicted molar refractivity (Wildman–Crippen MR) is 218 cm³/mol. The number of nitrogens with zero attached hydrogens (tertiary/aromatic N) is 2. The number of guanidine groups is 1. The molecule has 0 radical (unpaired) electrons. The number of nitrogens with one attached hydrogen (secondary N) is 5. The van der Waals surface area contributed by atoms with Crippen LogP contribution in [-0.2, 0) is 44.8 Å². The van der Waals surface area contributed by atoms with Crippen LogP contribution in [0.4, 0.5) is 0 Å². The lowest BCUT2D eigenvalue weighted by atomic mass is 9.97. The lowest BCUT2D eigenvalue weighted by Crippen LogP contribution is -2.61. The highest BCUT2D eigenvalue weighted by atomic mass is 16.4. The van der Waals surface area contributed by atoms with Crippen molar-refractivity contribution in [3.05, 3.63) is 29.8 Å². The number of aliphatic hydroxyl groups excluding tert-OH is 2. The highest BCUT2D eigenvalue weighted by molar-refractivity contribution is 5.97. The van der Waals surface area contributed by atoms with Crippen LogP contribution in [0.5, 0.6) is 5.75 Å². The highest BCUT2D eigenvalue weighted by Crippen LogP contribution is 2.21. The van der Waals surface area contributed by atoms with Gasteiger partial charge in [-0.25, -0.2) is 4.79 Å². The van der Waals surface area contributed by atoms with E-state index in [1.54, 1.807) is 13.8 Å². The molecule has 0 saturated carbocycles. The normalized spacial score (nSPS) is 17.5. The van der Waals surface area contributed by atoms with E-state index in [2.05, 4.69) is 31.6 Å². The Labute approximate surface area is 352 Å². The average Bonchev–Trinajstić information content (AvgIpc) is 3.70. The molecule has 2 rings (SSSR count). The Morgan fingerprint density at radius 3 is 2.00 bits per heavy atom. The van der Waals surface area contributed by atoms with E-state index >= 15 is 0 Å². The summed E-state index contributed by atoms with van der Waals surface area (Å²) in [4.78, 5) is 110. The Bertz CT molecular complexity index is 1720. The van der Waals surface area contributed by atoms with Crippen LogP contribution < -0.4 is 49.5 Å².